The first-order chi connectivity index (χ1) is 5.61. The highest BCUT2D eigenvalue weighted by Gasteiger charge is 2.06. The van der Waals surface area contributed by atoms with E-state index in [0.717, 1.165) is 17.0 Å². The molecule has 4 nitrogen and oxygen atoms in total. The fraction of sp³-hybridized carbons (Fsp3) is 0.500. The van der Waals surface area contributed by atoms with Gasteiger partial charge in [-0.05, 0) is 19.4 Å². The number of carboxylic acid groups (broad SMARTS) is 1. The average molecular weight is 205 g/mol. The molecular weight excluding hydrogens is 192 g/mol. The molecule has 0 radical (unpaired) electrons. The van der Waals surface area contributed by atoms with E-state index in [1.807, 2.05) is 13.8 Å². The Morgan fingerprint density at radius 3 is 2.54 bits per heavy atom. The van der Waals surface area contributed by atoms with Gasteiger partial charge in [0.1, 0.15) is 0 Å². The van der Waals surface area contributed by atoms with Crippen LogP contribution < -0.4 is 0 Å². The summed E-state index contributed by atoms with van der Waals surface area (Å²) in [5, 5.41) is 15.3. The Labute approximate surface area is 82.8 Å². The van der Waals surface area contributed by atoms with Crippen molar-refractivity contribution in [1.29, 1.82) is 0 Å². The number of H-pyrrole nitrogens is 1. The minimum atomic E-state index is -0.782. The van der Waals surface area contributed by atoms with Crippen LogP contribution in [0.3, 0.4) is 0 Å². The molecule has 13 heavy (non-hydrogen) atoms. The summed E-state index contributed by atoms with van der Waals surface area (Å²) < 4.78 is 0. The van der Waals surface area contributed by atoms with Gasteiger partial charge in [-0.2, -0.15) is 5.10 Å². The summed E-state index contributed by atoms with van der Waals surface area (Å²) >= 11 is 0. The van der Waals surface area contributed by atoms with Crippen molar-refractivity contribution in [2.75, 3.05) is 0 Å². The van der Waals surface area contributed by atoms with Crippen molar-refractivity contribution < 1.29 is 9.90 Å². The average Bonchev–Trinajstić information content (AvgIpc) is 2.30. The zero-order valence-electron chi connectivity index (χ0n) is 7.63. The summed E-state index contributed by atoms with van der Waals surface area (Å²) in [6.07, 6.45) is 0.649. The maximum Gasteiger partial charge on any atom is 0.303 e. The topological polar surface area (TPSA) is 66.0 Å². The molecular formula is C8H13ClN2O2. The largest absolute Gasteiger partial charge is 0.481 e. The van der Waals surface area contributed by atoms with Gasteiger partial charge in [-0.3, -0.25) is 9.89 Å². The predicted molar refractivity (Wildman–Crippen MR) is 51.3 cm³/mol. The number of hydrogen-bond donors (Lipinski definition) is 2. The molecule has 5 heteroatoms. The number of nitrogens with one attached hydrogen (secondary N) is 1. The summed E-state index contributed by atoms with van der Waals surface area (Å²) in [6.45, 7) is 3.86. The smallest absolute Gasteiger partial charge is 0.303 e. The molecule has 74 valence electrons. The first kappa shape index (κ1) is 12.0. The third-order valence-corrected chi connectivity index (χ3v) is 1.93. The van der Waals surface area contributed by atoms with E-state index in [4.69, 9.17) is 5.11 Å². The summed E-state index contributed by atoms with van der Waals surface area (Å²) in [5.41, 5.74) is 2.93. The van der Waals surface area contributed by atoms with E-state index in [-0.39, 0.29) is 18.8 Å². The van der Waals surface area contributed by atoms with Crippen LogP contribution >= 0.6 is 12.4 Å². The Morgan fingerprint density at radius 2 is 2.15 bits per heavy atom. The Bertz CT molecular complexity index is 296. The highest BCUT2D eigenvalue weighted by Crippen LogP contribution is 2.09. The highest BCUT2D eigenvalue weighted by atomic mass is 35.5. The molecule has 0 bridgehead atoms. The number of carboxylic acids is 1. The lowest BCUT2D eigenvalue weighted by molar-refractivity contribution is -0.136. The van der Waals surface area contributed by atoms with E-state index in [2.05, 4.69) is 10.2 Å². The fourth-order valence-electron chi connectivity index (χ4n) is 1.00. The van der Waals surface area contributed by atoms with Crippen LogP contribution in [0.4, 0.5) is 0 Å². The maximum atomic E-state index is 10.3. The van der Waals surface area contributed by atoms with E-state index in [9.17, 15) is 4.79 Å². The van der Waals surface area contributed by atoms with Gasteiger partial charge in [-0.25, -0.2) is 0 Å². The van der Waals surface area contributed by atoms with Crippen LogP contribution in [0, 0.1) is 13.8 Å². The van der Waals surface area contributed by atoms with Gasteiger partial charge in [0.25, 0.3) is 0 Å². The van der Waals surface area contributed by atoms with Gasteiger partial charge in [0.2, 0.25) is 0 Å². The standard InChI is InChI=1S/C8H12N2O2.ClH/c1-5-6(2)9-10-7(5)3-4-8(11)12;/h3-4H2,1-2H3,(H,9,10)(H,11,12);1H. The molecule has 1 rings (SSSR count). The van der Waals surface area contributed by atoms with Gasteiger partial charge >= 0.3 is 5.97 Å². The second-order valence-electron chi connectivity index (χ2n) is 2.81. The Kier molecular flexibility index (Phi) is 4.48. The van der Waals surface area contributed by atoms with Crippen molar-refractivity contribution in [2.45, 2.75) is 26.7 Å². The quantitative estimate of drug-likeness (QED) is 0.784. The molecule has 0 saturated carbocycles. The van der Waals surface area contributed by atoms with E-state index in [1.54, 1.807) is 0 Å². The lowest BCUT2D eigenvalue weighted by atomic mass is 10.1. The summed E-state index contributed by atoms with van der Waals surface area (Å²) in [5.74, 6) is -0.782. The van der Waals surface area contributed by atoms with Gasteiger partial charge in [0.05, 0.1) is 12.1 Å². The lowest BCUT2D eigenvalue weighted by Crippen LogP contribution is -1.98. The minimum Gasteiger partial charge on any atom is -0.481 e. The molecule has 0 spiro atoms. The fourth-order valence-corrected chi connectivity index (χ4v) is 1.00. The molecule has 0 amide bonds. The molecule has 1 aromatic heterocycles. The number of hydrogen-bond acceptors (Lipinski definition) is 2. The number of nitrogens with zero attached hydrogens (tertiary/aromatic N) is 1. The monoisotopic (exact) mass is 204 g/mol. The Balaban J connectivity index is 0.00000144. The Hall–Kier alpha value is -1.03. The molecule has 0 aliphatic carbocycles. The third kappa shape index (κ3) is 3.06. The van der Waals surface area contributed by atoms with Gasteiger partial charge in [-0.1, -0.05) is 0 Å². The van der Waals surface area contributed by atoms with Crippen LogP contribution in [0.5, 0.6) is 0 Å². The summed E-state index contributed by atoms with van der Waals surface area (Å²) in [6, 6.07) is 0. The molecule has 0 saturated heterocycles. The molecule has 1 aromatic rings. The van der Waals surface area contributed by atoms with Crippen LogP contribution in [0.1, 0.15) is 23.4 Å². The van der Waals surface area contributed by atoms with Crippen molar-refractivity contribution in [3.8, 4) is 0 Å². The molecule has 0 aromatic carbocycles. The third-order valence-electron chi connectivity index (χ3n) is 1.93. The SMILES string of the molecule is Cc1[nH]nc(CCC(=O)O)c1C.Cl. The first-order valence-electron chi connectivity index (χ1n) is 3.83. The van der Waals surface area contributed by atoms with Crippen LogP contribution in [-0.2, 0) is 11.2 Å². The zero-order valence-corrected chi connectivity index (χ0v) is 8.44. The van der Waals surface area contributed by atoms with Crippen molar-refractivity contribution in [2.24, 2.45) is 0 Å². The molecule has 1 heterocycles. The number of aliphatic carboxylic acids is 1. The second kappa shape index (κ2) is 4.87. The van der Waals surface area contributed by atoms with Crippen molar-refractivity contribution in [1.82, 2.24) is 10.2 Å². The molecule has 0 aliphatic heterocycles. The molecule has 2 N–H and O–H groups in total. The summed E-state index contributed by atoms with van der Waals surface area (Å²) in [7, 11) is 0. The minimum absolute atomic E-state index is 0. The number of rotatable bonds is 3. The van der Waals surface area contributed by atoms with Crippen LogP contribution in [0.25, 0.3) is 0 Å². The predicted octanol–water partition coefficient (Wildman–Crippen LogP) is 1.47. The number of carbonyl (C=O) groups is 1. The van der Waals surface area contributed by atoms with E-state index in [1.165, 1.54) is 0 Å². The van der Waals surface area contributed by atoms with Crippen molar-refractivity contribution in [3.63, 3.8) is 0 Å². The van der Waals surface area contributed by atoms with Crippen molar-refractivity contribution >= 4 is 18.4 Å². The number of halogens is 1. The first-order valence-corrected chi connectivity index (χ1v) is 3.83. The van der Waals surface area contributed by atoms with Crippen molar-refractivity contribution in [3.05, 3.63) is 17.0 Å². The molecule has 0 fully saturated rings. The van der Waals surface area contributed by atoms with Crippen LogP contribution in [-0.4, -0.2) is 21.3 Å². The normalized spacial score (nSPS) is 9.38. The number of aryl methyl sites for hydroxylation is 2. The van der Waals surface area contributed by atoms with Crippen LogP contribution in [0.2, 0.25) is 0 Å². The molecule has 0 atom stereocenters. The second-order valence-corrected chi connectivity index (χ2v) is 2.81. The van der Waals surface area contributed by atoms with Gasteiger partial charge in [-0.15, -0.1) is 12.4 Å². The Morgan fingerprint density at radius 1 is 1.54 bits per heavy atom. The highest BCUT2D eigenvalue weighted by molar-refractivity contribution is 5.85. The van der Waals surface area contributed by atoms with Crippen LogP contribution in [0.15, 0.2) is 0 Å². The molecule has 0 unspecified atom stereocenters. The number of aromatic nitrogens is 2. The van der Waals surface area contributed by atoms with Gasteiger partial charge < -0.3 is 5.11 Å². The number of aromatic amines is 1. The maximum absolute atomic E-state index is 10.3. The molecule has 0 aliphatic rings. The van der Waals surface area contributed by atoms with Gasteiger partial charge in [0, 0.05) is 12.1 Å². The summed E-state index contributed by atoms with van der Waals surface area (Å²) in [4.78, 5) is 10.3. The van der Waals surface area contributed by atoms with E-state index < -0.39 is 5.97 Å². The van der Waals surface area contributed by atoms with E-state index in [0.29, 0.717) is 6.42 Å². The zero-order chi connectivity index (χ0) is 9.14. The van der Waals surface area contributed by atoms with Gasteiger partial charge in [0.15, 0.2) is 0 Å². The van der Waals surface area contributed by atoms with E-state index >= 15 is 0 Å². The lowest BCUT2D eigenvalue weighted by Gasteiger charge is -1.93.